The summed E-state index contributed by atoms with van der Waals surface area (Å²) in [6, 6.07) is 0. The molecule has 0 bridgehead atoms. The molecule has 0 spiro atoms. The fourth-order valence-corrected chi connectivity index (χ4v) is 4.35. The van der Waals surface area contributed by atoms with Gasteiger partial charge in [-0.05, 0) is 19.8 Å². The lowest BCUT2D eigenvalue weighted by atomic mass is 9.78. The van der Waals surface area contributed by atoms with Crippen LogP contribution in [-0.4, -0.2) is 67.4 Å². The molecule has 0 aliphatic heterocycles. The highest BCUT2D eigenvalue weighted by atomic mass is 28.4. The van der Waals surface area contributed by atoms with Crippen LogP contribution in [0.5, 0.6) is 0 Å². The number of ether oxygens (including phenoxy) is 2. The Balaban J connectivity index is 2.57. The first kappa shape index (κ1) is 24.3. The van der Waals surface area contributed by atoms with Gasteiger partial charge < -0.3 is 28.1 Å². The standard InChI is InChI=1S/C18H31NO8Si/c1-13(2)17(21)26-10-11-27-18(22)15-9-7-6-8-14(15)16(20)19-12-28(23-3,24-4)25-5/h14-15H,1,6-12H2,2-5H3,(H,19,20). The topological polar surface area (TPSA) is 109 Å². The molecule has 10 heteroatoms. The molecular formula is C18H31NO8Si. The largest absolute Gasteiger partial charge is 0.520 e. The molecule has 28 heavy (non-hydrogen) atoms. The molecule has 9 nitrogen and oxygen atoms in total. The van der Waals surface area contributed by atoms with Gasteiger partial charge in [-0.25, -0.2) is 4.79 Å². The van der Waals surface area contributed by atoms with E-state index in [1.54, 1.807) is 0 Å². The molecule has 1 amide bonds. The lowest BCUT2D eigenvalue weighted by Crippen LogP contribution is -2.55. The van der Waals surface area contributed by atoms with Gasteiger partial charge in [0.25, 0.3) is 0 Å². The zero-order valence-electron chi connectivity index (χ0n) is 17.1. The summed E-state index contributed by atoms with van der Waals surface area (Å²) in [5.74, 6) is -2.27. The number of esters is 2. The summed E-state index contributed by atoms with van der Waals surface area (Å²) in [5, 5.41) is 2.79. The predicted molar refractivity (Wildman–Crippen MR) is 102 cm³/mol. The van der Waals surface area contributed by atoms with Crippen LogP contribution in [0.4, 0.5) is 0 Å². The maximum atomic E-state index is 12.7. The van der Waals surface area contributed by atoms with E-state index in [2.05, 4.69) is 11.9 Å². The van der Waals surface area contributed by atoms with E-state index in [0.717, 1.165) is 12.8 Å². The van der Waals surface area contributed by atoms with Crippen LogP contribution >= 0.6 is 0 Å². The van der Waals surface area contributed by atoms with Gasteiger partial charge in [-0.1, -0.05) is 19.4 Å². The lowest BCUT2D eigenvalue weighted by molar-refractivity contribution is -0.158. The number of carbonyl (C=O) groups is 3. The zero-order valence-corrected chi connectivity index (χ0v) is 18.1. The molecule has 1 fully saturated rings. The molecule has 0 radical (unpaired) electrons. The molecule has 0 aromatic carbocycles. The Hall–Kier alpha value is -1.75. The van der Waals surface area contributed by atoms with Crippen LogP contribution in [0.3, 0.4) is 0 Å². The van der Waals surface area contributed by atoms with Gasteiger partial charge in [0.2, 0.25) is 5.91 Å². The van der Waals surface area contributed by atoms with Gasteiger partial charge in [-0.3, -0.25) is 9.59 Å². The van der Waals surface area contributed by atoms with Crippen LogP contribution in [0.2, 0.25) is 0 Å². The van der Waals surface area contributed by atoms with E-state index >= 15 is 0 Å². The van der Waals surface area contributed by atoms with Gasteiger partial charge in [-0.15, -0.1) is 0 Å². The van der Waals surface area contributed by atoms with E-state index < -0.39 is 32.6 Å². The fourth-order valence-electron chi connectivity index (χ4n) is 3.03. The first-order chi connectivity index (χ1) is 13.3. The Morgan fingerprint density at radius 2 is 1.50 bits per heavy atom. The van der Waals surface area contributed by atoms with Crippen molar-refractivity contribution in [2.24, 2.45) is 11.8 Å². The highest BCUT2D eigenvalue weighted by molar-refractivity contribution is 6.61. The van der Waals surface area contributed by atoms with Gasteiger partial charge in [0.05, 0.1) is 18.0 Å². The maximum absolute atomic E-state index is 12.7. The van der Waals surface area contributed by atoms with Crippen molar-refractivity contribution in [2.75, 3.05) is 40.7 Å². The molecule has 1 aliphatic rings. The van der Waals surface area contributed by atoms with E-state index in [1.807, 2.05) is 0 Å². The number of hydrogen-bond acceptors (Lipinski definition) is 8. The van der Waals surface area contributed by atoms with E-state index in [1.165, 1.54) is 28.3 Å². The Morgan fingerprint density at radius 3 is 2.04 bits per heavy atom. The number of amides is 1. The third-order valence-corrected chi connectivity index (χ3v) is 7.20. The highest BCUT2D eigenvalue weighted by Gasteiger charge is 2.41. The van der Waals surface area contributed by atoms with E-state index in [9.17, 15) is 14.4 Å². The number of rotatable bonds is 11. The van der Waals surface area contributed by atoms with Crippen molar-refractivity contribution in [2.45, 2.75) is 32.6 Å². The molecule has 160 valence electrons. The molecule has 2 atom stereocenters. The van der Waals surface area contributed by atoms with Gasteiger partial charge in [0, 0.05) is 26.9 Å². The lowest BCUT2D eigenvalue weighted by Gasteiger charge is -2.30. The summed E-state index contributed by atoms with van der Waals surface area (Å²) in [7, 11) is 1.45. The Labute approximate surface area is 167 Å². The normalized spacial score (nSPS) is 19.6. The minimum Gasteiger partial charge on any atom is -0.462 e. The molecule has 0 saturated heterocycles. The average Bonchev–Trinajstić information content (AvgIpc) is 2.72. The number of nitrogens with one attached hydrogen (secondary N) is 1. The Morgan fingerprint density at radius 1 is 0.964 bits per heavy atom. The molecule has 0 aromatic heterocycles. The van der Waals surface area contributed by atoms with Crippen molar-refractivity contribution >= 4 is 26.7 Å². The molecule has 2 unspecified atom stereocenters. The molecule has 0 heterocycles. The first-order valence-corrected chi connectivity index (χ1v) is 11.2. The number of hydrogen-bond donors (Lipinski definition) is 1. The van der Waals surface area contributed by atoms with Crippen molar-refractivity contribution in [3.05, 3.63) is 12.2 Å². The van der Waals surface area contributed by atoms with Crippen molar-refractivity contribution < 1.29 is 37.1 Å². The fraction of sp³-hybridized carbons (Fsp3) is 0.722. The minimum absolute atomic E-state index is 0.0509. The molecular weight excluding hydrogens is 386 g/mol. The molecule has 1 N–H and O–H groups in total. The Kier molecular flexibility index (Phi) is 10.4. The average molecular weight is 418 g/mol. The zero-order chi connectivity index (χ0) is 21.2. The predicted octanol–water partition coefficient (Wildman–Crippen LogP) is 0.989. The van der Waals surface area contributed by atoms with Crippen LogP contribution in [0.15, 0.2) is 12.2 Å². The van der Waals surface area contributed by atoms with Crippen LogP contribution < -0.4 is 5.32 Å². The van der Waals surface area contributed by atoms with Crippen molar-refractivity contribution in [3.63, 3.8) is 0 Å². The highest BCUT2D eigenvalue weighted by Crippen LogP contribution is 2.31. The Bertz CT molecular complexity index is 556. The van der Waals surface area contributed by atoms with Crippen LogP contribution in [0.25, 0.3) is 0 Å². The second kappa shape index (κ2) is 11.9. The summed E-state index contributed by atoms with van der Waals surface area (Å²) in [6.07, 6.45) is 2.99. The summed E-state index contributed by atoms with van der Waals surface area (Å²) in [5.41, 5.74) is 0.276. The van der Waals surface area contributed by atoms with Crippen molar-refractivity contribution in [1.82, 2.24) is 5.32 Å². The first-order valence-electron chi connectivity index (χ1n) is 9.22. The van der Waals surface area contributed by atoms with Crippen LogP contribution in [-0.2, 0) is 37.1 Å². The maximum Gasteiger partial charge on any atom is 0.520 e. The minimum atomic E-state index is -2.94. The molecule has 0 aromatic rings. The van der Waals surface area contributed by atoms with Crippen LogP contribution in [0.1, 0.15) is 32.6 Å². The van der Waals surface area contributed by atoms with Gasteiger partial charge in [0.15, 0.2) is 0 Å². The molecule has 1 rings (SSSR count). The molecule has 1 saturated carbocycles. The SMILES string of the molecule is C=C(C)C(=O)OCCOC(=O)C1CCCCC1C(=O)NC[Si](OC)(OC)OC. The molecule has 1 aliphatic carbocycles. The second-order valence-corrected chi connectivity index (χ2v) is 9.54. The smallest absolute Gasteiger partial charge is 0.462 e. The van der Waals surface area contributed by atoms with E-state index in [4.69, 9.17) is 22.8 Å². The summed E-state index contributed by atoms with van der Waals surface area (Å²) < 4.78 is 26.0. The summed E-state index contributed by atoms with van der Waals surface area (Å²) >= 11 is 0. The summed E-state index contributed by atoms with van der Waals surface area (Å²) in [6.45, 7) is 4.90. The van der Waals surface area contributed by atoms with Gasteiger partial charge >= 0.3 is 20.7 Å². The van der Waals surface area contributed by atoms with Gasteiger partial charge in [0.1, 0.15) is 13.2 Å². The van der Waals surface area contributed by atoms with Crippen LogP contribution in [0, 0.1) is 11.8 Å². The third-order valence-electron chi connectivity index (χ3n) is 4.73. The summed E-state index contributed by atoms with van der Waals surface area (Å²) in [4.78, 5) is 36.4. The monoisotopic (exact) mass is 417 g/mol. The number of carbonyl (C=O) groups excluding carboxylic acids is 3. The van der Waals surface area contributed by atoms with E-state index in [0.29, 0.717) is 12.8 Å². The quantitative estimate of drug-likeness (QED) is 0.229. The van der Waals surface area contributed by atoms with Crippen molar-refractivity contribution in [1.29, 1.82) is 0 Å². The van der Waals surface area contributed by atoms with E-state index in [-0.39, 0.29) is 30.9 Å². The third kappa shape index (κ3) is 7.01. The van der Waals surface area contributed by atoms with Gasteiger partial charge in [-0.2, -0.15) is 0 Å². The van der Waals surface area contributed by atoms with Crippen molar-refractivity contribution in [3.8, 4) is 0 Å². The second-order valence-electron chi connectivity index (χ2n) is 6.59.